The van der Waals surface area contributed by atoms with Crippen LogP contribution in [-0.2, 0) is 14.1 Å². The van der Waals surface area contributed by atoms with Gasteiger partial charge < -0.3 is 23.0 Å². The van der Waals surface area contributed by atoms with Gasteiger partial charge in [0.1, 0.15) is 17.3 Å². The number of ether oxygens (including phenoxy) is 1. The SMILES string of the molecule is Cn1[c-][n+](-c2cccc(Oc3ccc4c5c6c7ccccc7n(C)c6c6c(c7ccccc7n6-c6ccccc6)c5n(-c5ccccn5)c4c3)c2)c2ccccc21. The van der Waals surface area contributed by atoms with E-state index in [2.05, 4.69) is 177 Å². The lowest BCUT2D eigenvalue weighted by molar-refractivity contribution is -0.572. The second kappa shape index (κ2) is 11.9. The van der Waals surface area contributed by atoms with Crippen molar-refractivity contribution in [1.82, 2.24) is 23.3 Å². The Labute approximate surface area is 327 Å². The number of aryl methyl sites for hydroxylation is 2. The number of pyridine rings is 1. The van der Waals surface area contributed by atoms with Crippen LogP contribution in [0.15, 0.2) is 170 Å². The third-order valence-electron chi connectivity index (χ3n) is 11.6. The fourth-order valence-electron chi connectivity index (χ4n) is 9.23. The number of imidazole rings is 1. The van der Waals surface area contributed by atoms with E-state index in [1.54, 1.807) is 0 Å². The fraction of sp³-hybridized carbons (Fsp3) is 0.0400. The molecule has 57 heavy (non-hydrogen) atoms. The summed E-state index contributed by atoms with van der Waals surface area (Å²) >= 11 is 0. The molecular weight excluding hydrogens is 701 g/mol. The summed E-state index contributed by atoms with van der Waals surface area (Å²) in [4.78, 5) is 5.01. The molecule has 0 spiro atoms. The van der Waals surface area contributed by atoms with E-state index >= 15 is 0 Å². The van der Waals surface area contributed by atoms with Gasteiger partial charge in [0.05, 0.1) is 51.4 Å². The molecule has 12 aromatic rings. The van der Waals surface area contributed by atoms with Crippen LogP contribution >= 0.6 is 0 Å². The monoisotopic (exact) mass is 734 g/mol. The first-order valence-electron chi connectivity index (χ1n) is 19.2. The molecule has 5 heterocycles. The Morgan fingerprint density at radius 2 is 1.19 bits per heavy atom. The number of benzene rings is 7. The van der Waals surface area contributed by atoms with Crippen molar-refractivity contribution >= 4 is 76.5 Å². The second-order valence-corrected chi connectivity index (χ2v) is 14.7. The molecule has 0 bridgehead atoms. The van der Waals surface area contributed by atoms with Gasteiger partial charge in [-0.1, -0.05) is 97.1 Å². The molecule has 12 rings (SSSR count). The predicted octanol–water partition coefficient (Wildman–Crippen LogP) is 11.3. The molecule has 7 nitrogen and oxygen atoms in total. The van der Waals surface area contributed by atoms with Crippen molar-refractivity contribution in [3.05, 3.63) is 176 Å². The van der Waals surface area contributed by atoms with Gasteiger partial charge in [-0.15, -0.1) is 0 Å². The van der Waals surface area contributed by atoms with Crippen LogP contribution in [0.4, 0.5) is 0 Å². The summed E-state index contributed by atoms with van der Waals surface area (Å²) in [5, 5.41) is 7.14. The van der Waals surface area contributed by atoms with Crippen LogP contribution in [0.25, 0.3) is 93.6 Å². The molecule has 0 aliphatic heterocycles. The van der Waals surface area contributed by atoms with E-state index in [0.717, 1.165) is 61.7 Å². The van der Waals surface area contributed by atoms with E-state index in [-0.39, 0.29) is 0 Å². The highest BCUT2D eigenvalue weighted by Crippen LogP contribution is 2.49. The summed E-state index contributed by atoms with van der Waals surface area (Å²) in [7, 11) is 4.23. The van der Waals surface area contributed by atoms with E-state index in [1.807, 2.05) is 36.0 Å². The Bertz CT molecular complexity index is 3570. The van der Waals surface area contributed by atoms with Gasteiger partial charge in [0.2, 0.25) is 6.33 Å². The molecule has 0 saturated carbocycles. The third kappa shape index (κ3) is 4.48. The number of hydrogen-bond donors (Lipinski definition) is 0. The van der Waals surface area contributed by atoms with Crippen LogP contribution in [0.3, 0.4) is 0 Å². The highest BCUT2D eigenvalue weighted by atomic mass is 16.5. The van der Waals surface area contributed by atoms with Crippen molar-refractivity contribution in [1.29, 1.82) is 0 Å². The van der Waals surface area contributed by atoms with Gasteiger partial charge in [0.15, 0.2) is 0 Å². The van der Waals surface area contributed by atoms with Crippen LogP contribution in [0.2, 0.25) is 0 Å². The minimum Gasteiger partial charge on any atom is -0.458 e. The number of nitrogens with zero attached hydrogens (tertiary/aromatic N) is 6. The maximum Gasteiger partial charge on any atom is 0.244 e. The highest BCUT2D eigenvalue weighted by molar-refractivity contribution is 6.40. The molecule has 270 valence electrons. The Morgan fingerprint density at radius 3 is 2.02 bits per heavy atom. The van der Waals surface area contributed by atoms with Gasteiger partial charge in [-0.25, -0.2) is 4.98 Å². The van der Waals surface area contributed by atoms with Crippen molar-refractivity contribution in [3.63, 3.8) is 0 Å². The molecule has 0 amide bonds. The van der Waals surface area contributed by atoms with Crippen LogP contribution in [0, 0.1) is 6.33 Å². The molecule has 0 fully saturated rings. The Kier molecular flexibility index (Phi) is 6.63. The van der Waals surface area contributed by atoms with Crippen LogP contribution in [0.5, 0.6) is 11.5 Å². The zero-order valence-corrected chi connectivity index (χ0v) is 31.3. The van der Waals surface area contributed by atoms with Crippen LogP contribution in [0.1, 0.15) is 0 Å². The molecular formula is C50H34N6O. The Morgan fingerprint density at radius 1 is 0.509 bits per heavy atom. The zero-order chi connectivity index (χ0) is 37.8. The topological polar surface area (TPSA) is 45.7 Å². The number of fused-ring (bicyclic) bond motifs is 13. The molecule has 0 radical (unpaired) electrons. The average molecular weight is 735 g/mol. The van der Waals surface area contributed by atoms with Gasteiger partial charge in [0.25, 0.3) is 0 Å². The summed E-state index contributed by atoms with van der Waals surface area (Å²) in [6.07, 6.45) is 5.33. The number of para-hydroxylation sites is 5. The first-order valence-corrected chi connectivity index (χ1v) is 19.2. The first-order chi connectivity index (χ1) is 28.1. The molecule has 0 N–H and O–H groups in total. The van der Waals surface area contributed by atoms with Crippen molar-refractivity contribution < 1.29 is 9.30 Å². The summed E-state index contributed by atoms with van der Waals surface area (Å²) < 4.78 is 18.0. The fourth-order valence-corrected chi connectivity index (χ4v) is 9.23. The average Bonchev–Trinajstić information content (AvgIpc) is 3.98. The minimum atomic E-state index is 0.739. The molecule has 7 heteroatoms. The van der Waals surface area contributed by atoms with Crippen molar-refractivity contribution in [2.45, 2.75) is 0 Å². The predicted molar refractivity (Wildman–Crippen MR) is 230 cm³/mol. The number of rotatable bonds is 5. The molecule has 0 unspecified atom stereocenters. The first kappa shape index (κ1) is 31.7. The molecule has 0 saturated heterocycles. The van der Waals surface area contributed by atoms with Crippen molar-refractivity contribution in [2.75, 3.05) is 0 Å². The lowest BCUT2D eigenvalue weighted by Gasteiger charge is -2.12. The Balaban J connectivity index is 1.19. The zero-order valence-electron chi connectivity index (χ0n) is 31.3. The number of aromatic nitrogens is 6. The normalized spacial score (nSPS) is 12.0. The molecule has 0 atom stereocenters. The summed E-state index contributed by atoms with van der Waals surface area (Å²) in [6.45, 7) is 0. The van der Waals surface area contributed by atoms with E-state index in [4.69, 9.17) is 9.72 Å². The van der Waals surface area contributed by atoms with Gasteiger partial charge >= 0.3 is 0 Å². The van der Waals surface area contributed by atoms with E-state index in [0.29, 0.717) is 0 Å². The largest absolute Gasteiger partial charge is 0.458 e. The second-order valence-electron chi connectivity index (χ2n) is 14.7. The van der Waals surface area contributed by atoms with Gasteiger partial charge in [-0.3, -0.25) is 4.57 Å². The standard InChI is InChI=1S/C50H34N6O/c1-52-31-54(42-24-11-10-23-41(42)52)33-17-14-18-34(29-33)57-35-26-27-38-43(30-35)56(44-25-12-13-28-51-44)48-45(38)46-36-19-6-8-21-39(36)53(2)49(46)50-47(48)37-20-7-9-22-40(37)55(50)32-15-4-3-5-16-32/h3-30H,1-2H3. The van der Waals surface area contributed by atoms with Crippen molar-refractivity contribution in [3.8, 4) is 28.7 Å². The third-order valence-corrected chi connectivity index (χ3v) is 11.6. The maximum absolute atomic E-state index is 6.76. The molecule has 0 aliphatic carbocycles. The van der Waals surface area contributed by atoms with E-state index < -0.39 is 0 Å². The molecule has 7 aromatic carbocycles. The smallest absolute Gasteiger partial charge is 0.244 e. The van der Waals surface area contributed by atoms with Gasteiger partial charge in [-0.05, 0) is 60.7 Å². The quantitative estimate of drug-likeness (QED) is 0.131. The summed E-state index contributed by atoms with van der Waals surface area (Å²) in [5.41, 5.74) is 11.1. The van der Waals surface area contributed by atoms with Crippen LogP contribution in [-0.4, -0.2) is 23.3 Å². The minimum absolute atomic E-state index is 0.739. The van der Waals surface area contributed by atoms with E-state index in [9.17, 15) is 0 Å². The lowest BCUT2D eigenvalue weighted by atomic mass is 10.0. The highest BCUT2D eigenvalue weighted by Gasteiger charge is 2.28. The van der Waals surface area contributed by atoms with Crippen molar-refractivity contribution in [2.24, 2.45) is 14.1 Å². The molecule has 0 aliphatic rings. The van der Waals surface area contributed by atoms with E-state index in [1.165, 1.54) is 43.5 Å². The number of hydrogen-bond acceptors (Lipinski definition) is 2. The summed E-state index contributed by atoms with van der Waals surface area (Å²) in [6, 6.07) is 57.5. The van der Waals surface area contributed by atoms with Gasteiger partial charge in [0, 0.05) is 62.8 Å². The van der Waals surface area contributed by atoms with Gasteiger partial charge in [-0.2, -0.15) is 0 Å². The van der Waals surface area contributed by atoms with Crippen LogP contribution < -0.4 is 9.30 Å². The Hall–Kier alpha value is -7.64. The molecule has 5 aromatic heterocycles. The maximum atomic E-state index is 6.76. The summed E-state index contributed by atoms with van der Waals surface area (Å²) in [5.74, 6) is 2.33. The lowest BCUT2D eigenvalue weighted by Crippen LogP contribution is -2.29.